The van der Waals surface area contributed by atoms with Crippen LogP contribution in [0.5, 0.6) is 0 Å². The van der Waals surface area contributed by atoms with Gasteiger partial charge in [-0.15, -0.1) is 0 Å². The molecule has 0 aliphatic heterocycles. The van der Waals surface area contributed by atoms with Crippen molar-refractivity contribution in [2.24, 2.45) is 11.8 Å². The molecule has 1 fully saturated rings. The standard InChI is InChI=1S/C7H14O2/c1-5-2-6(4-8)3-7(5)9/h5-9H,2-4H2,1H3/t5-,6+,7-/m1/s1. The van der Waals surface area contributed by atoms with E-state index >= 15 is 0 Å². The van der Waals surface area contributed by atoms with Gasteiger partial charge in [0, 0.05) is 6.61 Å². The van der Waals surface area contributed by atoms with E-state index in [9.17, 15) is 5.11 Å². The Balaban J connectivity index is 2.35. The summed E-state index contributed by atoms with van der Waals surface area (Å²) in [5.41, 5.74) is 0. The predicted molar refractivity (Wildman–Crippen MR) is 35.0 cm³/mol. The van der Waals surface area contributed by atoms with Crippen LogP contribution in [-0.4, -0.2) is 22.9 Å². The molecule has 2 heteroatoms. The van der Waals surface area contributed by atoms with E-state index in [1.54, 1.807) is 0 Å². The Bertz CT molecular complexity index is 82.9. The van der Waals surface area contributed by atoms with Gasteiger partial charge in [0.05, 0.1) is 6.10 Å². The molecule has 1 rings (SSSR count). The molecule has 0 radical (unpaired) electrons. The van der Waals surface area contributed by atoms with E-state index in [-0.39, 0.29) is 12.7 Å². The molecule has 0 amide bonds. The fraction of sp³-hybridized carbons (Fsp3) is 1.00. The van der Waals surface area contributed by atoms with Crippen LogP contribution in [0.25, 0.3) is 0 Å². The molecule has 1 aliphatic rings. The summed E-state index contributed by atoms with van der Waals surface area (Å²) >= 11 is 0. The van der Waals surface area contributed by atoms with E-state index in [0.29, 0.717) is 11.8 Å². The van der Waals surface area contributed by atoms with Crippen molar-refractivity contribution >= 4 is 0 Å². The molecule has 2 nitrogen and oxygen atoms in total. The van der Waals surface area contributed by atoms with E-state index in [2.05, 4.69) is 0 Å². The summed E-state index contributed by atoms with van der Waals surface area (Å²) in [6.07, 6.45) is 1.61. The van der Waals surface area contributed by atoms with Crippen molar-refractivity contribution in [2.75, 3.05) is 6.61 Å². The Morgan fingerprint density at radius 1 is 1.44 bits per heavy atom. The molecule has 0 aromatic heterocycles. The minimum atomic E-state index is -0.165. The highest BCUT2D eigenvalue weighted by Gasteiger charge is 2.28. The third-order valence-electron chi connectivity index (χ3n) is 2.19. The number of rotatable bonds is 1. The molecule has 0 unspecified atom stereocenters. The topological polar surface area (TPSA) is 40.5 Å². The highest BCUT2D eigenvalue weighted by Crippen LogP contribution is 2.29. The predicted octanol–water partition coefficient (Wildman–Crippen LogP) is 0.386. The molecule has 0 bridgehead atoms. The largest absolute Gasteiger partial charge is 0.396 e. The first-order valence-electron chi connectivity index (χ1n) is 3.53. The van der Waals surface area contributed by atoms with Crippen molar-refractivity contribution in [2.45, 2.75) is 25.9 Å². The van der Waals surface area contributed by atoms with Gasteiger partial charge in [-0.05, 0) is 24.7 Å². The van der Waals surface area contributed by atoms with Crippen LogP contribution < -0.4 is 0 Å². The lowest BCUT2D eigenvalue weighted by Crippen LogP contribution is -2.08. The summed E-state index contributed by atoms with van der Waals surface area (Å²) in [7, 11) is 0. The van der Waals surface area contributed by atoms with Gasteiger partial charge in [-0.3, -0.25) is 0 Å². The molecule has 9 heavy (non-hydrogen) atoms. The average molecular weight is 130 g/mol. The number of hydrogen-bond acceptors (Lipinski definition) is 2. The van der Waals surface area contributed by atoms with Crippen molar-refractivity contribution in [1.82, 2.24) is 0 Å². The lowest BCUT2D eigenvalue weighted by Gasteiger charge is -2.04. The Hall–Kier alpha value is -0.0800. The number of aliphatic hydroxyl groups is 2. The summed E-state index contributed by atoms with van der Waals surface area (Å²) in [6.45, 7) is 2.27. The van der Waals surface area contributed by atoms with Crippen molar-refractivity contribution in [3.63, 3.8) is 0 Å². The first-order valence-corrected chi connectivity index (χ1v) is 3.53. The third kappa shape index (κ3) is 1.43. The highest BCUT2D eigenvalue weighted by molar-refractivity contribution is 4.79. The van der Waals surface area contributed by atoms with Gasteiger partial charge in [-0.2, -0.15) is 0 Å². The molecule has 3 atom stereocenters. The van der Waals surface area contributed by atoms with Crippen molar-refractivity contribution in [3.05, 3.63) is 0 Å². The van der Waals surface area contributed by atoms with E-state index in [1.807, 2.05) is 6.92 Å². The van der Waals surface area contributed by atoms with Crippen molar-refractivity contribution < 1.29 is 10.2 Å². The molecule has 0 heterocycles. The molecular weight excluding hydrogens is 116 g/mol. The molecule has 2 N–H and O–H groups in total. The lowest BCUT2D eigenvalue weighted by molar-refractivity contribution is 0.135. The van der Waals surface area contributed by atoms with Crippen LogP contribution >= 0.6 is 0 Å². The van der Waals surface area contributed by atoms with Gasteiger partial charge in [-0.1, -0.05) is 6.92 Å². The molecule has 1 saturated carbocycles. The van der Waals surface area contributed by atoms with Crippen LogP contribution in [0.15, 0.2) is 0 Å². The normalized spacial score (nSPS) is 43.7. The third-order valence-corrected chi connectivity index (χ3v) is 2.19. The SMILES string of the molecule is C[C@@H]1C[C@H](CO)C[C@H]1O. The smallest absolute Gasteiger partial charge is 0.0569 e. The maximum Gasteiger partial charge on any atom is 0.0569 e. The van der Waals surface area contributed by atoms with Crippen LogP contribution in [0, 0.1) is 11.8 Å². The van der Waals surface area contributed by atoms with E-state index < -0.39 is 0 Å². The highest BCUT2D eigenvalue weighted by atomic mass is 16.3. The minimum absolute atomic E-state index is 0.165. The van der Waals surface area contributed by atoms with Crippen LogP contribution in [0.3, 0.4) is 0 Å². The minimum Gasteiger partial charge on any atom is -0.396 e. The van der Waals surface area contributed by atoms with Gasteiger partial charge in [0.2, 0.25) is 0 Å². The maximum atomic E-state index is 9.19. The number of hydrogen-bond donors (Lipinski definition) is 2. The van der Waals surface area contributed by atoms with Crippen molar-refractivity contribution in [3.8, 4) is 0 Å². The molecule has 0 aromatic carbocycles. The summed E-state index contributed by atoms with van der Waals surface area (Å²) in [4.78, 5) is 0. The van der Waals surface area contributed by atoms with Gasteiger partial charge in [0.25, 0.3) is 0 Å². The Morgan fingerprint density at radius 2 is 2.11 bits per heavy atom. The zero-order valence-corrected chi connectivity index (χ0v) is 5.75. The number of aliphatic hydroxyl groups excluding tert-OH is 2. The van der Waals surface area contributed by atoms with E-state index in [0.717, 1.165) is 12.8 Å². The summed E-state index contributed by atoms with van der Waals surface area (Å²) < 4.78 is 0. The molecule has 1 aliphatic carbocycles. The second kappa shape index (κ2) is 2.67. The average Bonchev–Trinajstić information content (AvgIpc) is 2.13. The monoisotopic (exact) mass is 130 g/mol. The Labute approximate surface area is 55.5 Å². The lowest BCUT2D eigenvalue weighted by atomic mass is 10.1. The van der Waals surface area contributed by atoms with Crippen LogP contribution in [0.2, 0.25) is 0 Å². The van der Waals surface area contributed by atoms with Gasteiger partial charge in [-0.25, -0.2) is 0 Å². The summed E-state index contributed by atoms with van der Waals surface area (Å²) in [5.74, 6) is 0.747. The Morgan fingerprint density at radius 3 is 2.33 bits per heavy atom. The quantitative estimate of drug-likeness (QED) is 0.539. The second-order valence-electron chi connectivity index (χ2n) is 3.06. The van der Waals surface area contributed by atoms with Crippen LogP contribution in [0.4, 0.5) is 0 Å². The second-order valence-corrected chi connectivity index (χ2v) is 3.06. The Kier molecular flexibility index (Phi) is 2.09. The zero-order chi connectivity index (χ0) is 6.85. The molecule has 54 valence electrons. The van der Waals surface area contributed by atoms with E-state index in [4.69, 9.17) is 5.11 Å². The van der Waals surface area contributed by atoms with Crippen LogP contribution in [0.1, 0.15) is 19.8 Å². The molecule has 0 spiro atoms. The molecule has 0 saturated heterocycles. The van der Waals surface area contributed by atoms with Gasteiger partial charge in [0.15, 0.2) is 0 Å². The fourth-order valence-electron chi connectivity index (χ4n) is 1.50. The summed E-state index contributed by atoms with van der Waals surface area (Å²) in [5, 5.41) is 17.9. The van der Waals surface area contributed by atoms with Crippen LogP contribution in [-0.2, 0) is 0 Å². The van der Waals surface area contributed by atoms with Crippen molar-refractivity contribution in [1.29, 1.82) is 0 Å². The molecular formula is C7H14O2. The fourth-order valence-corrected chi connectivity index (χ4v) is 1.50. The van der Waals surface area contributed by atoms with Gasteiger partial charge in [0.1, 0.15) is 0 Å². The zero-order valence-electron chi connectivity index (χ0n) is 5.75. The summed E-state index contributed by atoms with van der Waals surface area (Å²) in [6, 6.07) is 0. The van der Waals surface area contributed by atoms with E-state index in [1.165, 1.54) is 0 Å². The first-order chi connectivity index (χ1) is 4.24. The maximum absolute atomic E-state index is 9.19. The van der Waals surface area contributed by atoms with Gasteiger partial charge < -0.3 is 10.2 Å². The first kappa shape index (κ1) is 7.03. The molecule has 0 aromatic rings. The van der Waals surface area contributed by atoms with Gasteiger partial charge >= 0.3 is 0 Å².